The summed E-state index contributed by atoms with van der Waals surface area (Å²) in [5.74, 6) is 1.82. The monoisotopic (exact) mass is 289 g/mol. The Labute approximate surface area is 125 Å². The summed E-state index contributed by atoms with van der Waals surface area (Å²) in [7, 11) is 0. The molecule has 0 radical (unpaired) electrons. The molecule has 3 heterocycles. The number of aromatic nitrogens is 3. The lowest BCUT2D eigenvalue weighted by Crippen LogP contribution is -2.48. The maximum absolute atomic E-state index is 5.79. The van der Waals surface area contributed by atoms with Gasteiger partial charge in [0.2, 0.25) is 0 Å². The lowest BCUT2D eigenvalue weighted by atomic mass is 10.1. The number of ether oxygens (including phenoxy) is 1. The van der Waals surface area contributed by atoms with E-state index in [4.69, 9.17) is 9.72 Å². The normalized spacial score (nSPS) is 18.1. The molecule has 6 nitrogen and oxygen atoms in total. The minimum Gasteiger partial charge on any atom is -0.372 e. The van der Waals surface area contributed by atoms with E-state index in [9.17, 15) is 0 Å². The second-order valence-electron chi connectivity index (χ2n) is 6.06. The Bertz CT molecular complexity index is 622. The number of rotatable bonds is 4. The zero-order valence-corrected chi connectivity index (χ0v) is 13.0. The van der Waals surface area contributed by atoms with Gasteiger partial charge in [0.25, 0.3) is 0 Å². The largest absolute Gasteiger partial charge is 0.372 e. The fourth-order valence-corrected chi connectivity index (χ4v) is 2.66. The standard InChI is InChI=1S/C15H23N5O/c1-4-5-16-12-10-19-7-6-17-13(19)14(18-12)20-8-9-21-15(2,3)11-20/h6-7,10,16H,4-5,8-9,11H2,1-3H3. The minimum absolute atomic E-state index is 0.156. The Kier molecular flexibility index (Phi) is 3.71. The van der Waals surface area contributed by atoms with Gasteiger partial charge in [-0.25, -0.2) is 9.97 Å². The van der Waals surface area contributed by atoms with Crippen molar-refractivity contribution in [2.45, 2.75) is 32.8 Å². The Hall–Kier alpha value is -1.82. The number of imidazole rings is 1. The molecule has 1 N–H and O–H groups in total. The molecule has 0 bridgehead atoms. The van der Waals surface area contributed by atoms with Gasteiger partial charge in [0.15, 0.2) is 11.5 Å². The molecular weight excluding hydrogens is 266 g/mol. The van der Waals surface area contributed by atoms with Crippen molar-refractivity contribution in [1.29, 1.82) is 0 Å². The zero-order valence-electron chi connectivity index (χ0n) is 13.0. The van der Waals surface area contributed by atoms with Gasteiger partial charge >= 0.3 is 0 Å². The fourth-order valence-electron chi connectivity index (χ4n) is 2.66. The van der Waals surface area contributed by atoms with Gasteiger partial charge in [-0.3, -0.25) is 0 Å². The van der Waals surface area contributed by atoms with E-state index in [-0.39, 0.29) is 5.60 Å². The van der Waals surface area contributed by atoms with E-state index in [1.807, 2.05) is 23.0 Å². The van der Waals surface area contributed by atoms with Crippen molar-refractivity contribution >= 4 is 17.3 Å². The van der Waals surface area contributed by atoms with Crippen LogP contribution in [0.25, 0.3) is 5.65 Å². The Morgan fingerprint density at radius 3 is 3.05 bits per heavy atom. The highest BCUT2D eigenvalue weighted by atomic mass is 16.5. The molecule has 114 valence electrons. The summed E-state index contributed by atoms with van der Waals surface area (Å²) in [6.07, 6.45) is 6.84. The highest BCUT2D eigenvalue weighted by Gasteiger charge is 2.29. The van der Waals surface area contributed by atoms with Crippen molar-refractivity contribution in [3.05, 3.63) is 18.6 Å². The van der Waals surface area contributed by atoms with Crippen molar-refractivity contribution in [2.24, 2.45) is 0 Å². The van der Waals surface area contributed by atoms with Crippen molar-refractivity contribution in [3.8, 4) is 0 Å². The van der Waals surface area contributed by atoms with Crippen molar-refractivity contribution in [3.63, 3.8) is 0 Å². The van der Waals surface area contributed by atoms with Gasteiger partial charge in [0, 0.05) is 32.0 Å². The summed E-state index contributed by atoms with van der Waals surface area (Å²) in [6.45, 7) is 9.67. The third kappa shape index (κ3) is 2.95. The second kappa shape index (κ2) is 5.52. The van der Waals surface area contributed by atoms with Crippen LogP contribution in [0.5, 0.6) is 0 Å². The van der Waals surface area contributed by atoms with Crippen LogP contribution in [-0.2, 0) is 4.74 Å². The Morgan fingerprint density at radius 1 is 1.43 bits per heavy atom. The Balaban J connectivity index is 1.97. The van der Waals surface area contributed by atoms with Crippen LogP contribution in [0.4, 0.5) is 11.6 Å². The Morgan fingerprint density at radius 2 is 2.29 bits per heavy atom. The third-order valence-corrected chi connectivity index (χ3v) is 3.64. The summed E-state index contributed by atoms with van der Waals surface area (Å²) in [4.78, 5) is 11.5. The smallest absolute Gasteiger partial charge is 0.180 e. The number of fused-ring (bicyclic) bond motifs is 1. The first-order chi connectivity index (χ1) is 10.1. The van der Waals surface area contributed by atoms with Crippen molar-refractivity contribution in [2.75, 3.05) is 36.5 Å². The summed E-state index contributed by atoms with van der Waals surface area (Å²) in [5.41, 5.74) is 0.742. The second-order valence-corrected chi connectivity index (χ2v) is 6.06. The van der Waals surface area contributed by atoms with E-state index >= 15 is 0 Å². The predicted octanol–water partition coefficient (Wildman–Crippen LogP) is 2.17. The molecule has 21 heavy (non-hydrogen) atoms. The quantitative estimate of drug-likeness (QED) is 0.935. The highest BCUT2D eigenvalue weighted by molar-refractivity contribution is 5.67. The summed E-state index contributed by atoms with van der Waals surface area (Å²) >= 11 is 0. The summed E-state index contributed by atoms with van der Waals surface area (Å²) in [6, 6.07) is 0. The molecule has 0 saturated carbocycles. The molecule has 1 aliphatic heterocycles. The summed E-state index contributed by atoms with van der Waals surface area (Å²) in [5, 5.41) is 3.36. The minimum atomic E-state index is -0.156. The molecule has 3 rings (SSSR count). The molecule has 2 aromatic heterocycles. The van der Waals surface area contributed by atoms with E-state index in [1.165, 1.54) is 0 Å². The number of hydrogen-bond donors (Lipinski definition) is 1. The number of morpholine rings is 1. The van der Waals surface area contributed by atoms with E-state index in [2.05, 4.69) is 36.0 Å². The first-order valence-corrected chi connectivity index (χ1v) is 7.55. The highest BCUT2D eigenvalue weighted by Crippen LogP contribution is 2.26. The van der Waals surface area contributed by atoms with Gasteiger partial charge in [-0.15, -0.1) is 0 Å². The maximum Gasteiger partial charge on any atom is 0.180 e. The number of anilines is 2. The maximum atomic E-state index is 5.79. The van der Waals surface area contributed by atoms with Gasteiger partial charge in [0.1, 0.15) is 5.82 Å². The first-order valence-electron chi connectivity index (χ1n) is 7.55. The van der Waals surface area contributed by atoms with Crippen LogP contribution >= 0.6 is 0 Å². The molecule has 1 aliphatic rings. The van der Waals surface area contributed by atoms with Crippen LogP contribution in [0.1, 0.15) is 27.2 Å². The first kappa shape index (κ1) is 14.1. The van der Waals surface area contributed by atoms with Gasteiger partial charge in [-0.2, -0.15) is 0 Å². The molecule has 0 amide bonds. The molecule has 0 aliphatic carbocycles. The SMILES string of the molecule is CCCNc1cn2ccnc2c(N2CCOC(C)(C)C2)n1. The molecule has 1 fully saturated rings. The van der Waals surface area contributed by atoms with Crippen molar-refractivity contribution in [1.82, 2.24) is 14.4 Å². The molecule has 0 aromatic carbocycles. The van der Waals surface area contributed by atoms with Crippen molar-refractivity contribution < 1.29 is 4.74 Å². The number of nitrogens with zero attached hydrogens (tertiary/aromatic N) is 4. The predicted molar refractivity (Wildman–Crippen MR) is 84.0 cm³/mol. The average Bonchev–Trinajstić information content (AvgIpc) is 2.91. The zero-order chi connectivity index (χ0) is 14.9. The van der Waals surface area contributed by atoms with Crippen LogP contribution in [0.3, 0.4) is 0 Å². The van der Waals surface area contributed by atoms with Crippen LogP contribution < -0.4 is 10.2 Å². The van der Waals surface area contributed by atoms with E-state index < -0.39 is 0 Å². The van der Waals surface area contributed by atoms with Gasteiger partial charge in [-0.1, -0.05) is 6.92 Å². The molecule has 0 unspecified atom stereocenters. The lowest BCUT2D eigenvalue weighted by Gasteiger charge is -2.38. The van der Waals surface area contributed by atoms with Gasteiger partial charge in [-0.05, 0) is 20.3 Å². The van der Waals surface area contributed by atoms with E-state index in [0.29, 0.717) is 6.61 Å². The summed E-state index contributed by atoms with van der Waals surface area (Å²) < 4.78 is 7.82. The average molecular weight is 289 g/mol. The third-order valence-electron chi connectivity index (χ3n) is 3.64. The molecule has 2 aromatic rings. The molecule has 0 atom stereocenters. The molecule has 1 saturated heterocycles. The number of nitrogens with one attached hydrogen (secondary N) is 1. The van der Waals surface area contributed by atoms with E-state index in [0.717, 1.165) is 43.3 Å². The van der Waals surface area contributed by atoms with Crippen LogP contribution in [-0.4, -0.2) is 46.2 Å². The van der Waals surface area contributed by atoms with Gasteiger partial charge < -0.3 is 19.4 Å². The van der Waals surface area contributed by atoms with Crippen LogP contribution in [0.15, 0.2) is 18.6 Å². The topological polar surface area (TPSA) is 54.7 Å². The van der Waals surface area contributed by atoms with Crippen LogP contribution in [0, 0.1) is 0 Å². The molecular formula is C15H23N5O. The van der Waals surface area contributed by atoms with Gasteiger partial charge in [0.05, 0.1) is 18.4 Å². The molecule has 6 heteroatoms. The van der Waals surface area contributed by atoms with E-state index in [1.54, 1.807) is 0 Å². The number of hydrogen-bond acceptors (Lipinski definition) is 5. The lowest BCUT2D eigenvalue weighted by molar-refractivity contribution is -0.0278. The molecule has 0 spiro atoms. The van der Waals surface area contributed by atoms with Crippen LogP contribution in [0.2, 0.25) is 0 Å². The fraction of sp³-hybridized carbons (Fsp3) is 0.600.